The molecule has 0 N–H and O–H groups in total. The van der Waals surface area contributed by atoms with Gasteiger partial charge in [-0.1, -0.05) is 15.9 Å². The lowest BCUT2D eigenvalue weighted by Gasteiger charge is -2.09. The number of rotatable bonds is 4. The molecule has 12 heavy (non-hydrogen) atoms. The van der Waals surface area contributed by atoms with Gasteiger partial charge in [0.2, 0.25) is 0 Å². The van der Waals surface area contributed by atoms with Gasteiger partial charge in [-0.25, -0.2) is 0 Å². The van der Waals surface area contributed by atoms with Crippen molar-refractivity contribution in [3.05, 3.63) is 0 Å². The molecular formula is C7H11BrO4. The average Bonchev–Trinajstić information content (AvgIpc) is 2.11. The van der Waals surface area contributed by atoms with Crippen LogP contribution < -0.4 is 0 Å². The van der Waals surface area contributed by atoms with Crippen LogP contribution in [0.15, 0.2) is 0 Å². The van der Waals surface area contributed by atoms with E-state index < -0.39 is 17.9 Å². The Hall–Kier alpha value is -0.580. The molecule has 0 aliphatic rings. The van der Waals surface area contributed by atoms with Crippen LogP contribution in [-0.4, -0.2) is 31.5 Å². The van der Waals surface area contributed by atoms with E-state index in [1.165, 1.54) is 14.2 Å². The highest BCUT2D eigenvalue weighted by atomic mass is 79.9. The van der Waals surface area contributed by atoms with Crippen molar-refractivity contribution < 1.29 is 19.1 Å². The second-order valence-corrected chi connectivity index (χ2v) is 2.87. The Bertz CT molecular complexity index is 153. The summed E-state index contributed by atoms with van der Waals surface area (Å²) in [7, 11) is 2.49. The van der Waals surface area contributed by atoms with Crippen LogP contribution in [0.5, 0.6) is 0 Å². The fraction of sp³-hybridized carbons (Fsp3) is 0.714. The van der Waals surface area contributed by atoms with Gasteiger partial charge >= 0.3 is 11.9 Å². The number of esters is 2. The van der Waals surface area contributed by atoms with Crippen LogP contribution >= 0.6 is 15.9 Å². The molecule has 0 heterocycles. The summed E-state index contributed by atoms with van der Waals surface area (Å²) in [6.07, 6.45) is 0.388. The maximum atomic E-state index is 11.0. The number of ether oxygens (including phenoxy) is 2. The summed E-state index contributed by atoms with van der Waals surface area (Å²) in [5.41, 5.74) is 0. The van der Waals surface area contributed by atoms with E-state index in [0.29, 0.717) is 11.8 Å². The Kier molecular flexibility index (Phi) is 5.70. The van der Waals surface area contributed by atoms with Crippen LogP contribution in [0, 0.1) is 5.92 Å². The normalized spacial score (nSPS) is 9.67. The second-order valence-electron chi connectivity index (χ2n) is 2.08. The largest absolute Gasteiger partial charge is 0.468 e. The van der Waals surface area contributed by atoms with Crippen molar-refractivity contribution in [1.29, 1.82) is 0 Å². The van der Waals surface area contributed by atoms with Crippen molar-refractivity contribution in [2.75, 3.05) is 19.5 Å². The molecule has 70 valence electrons. The molecule has 0 amide bonds. The first-order valence-electron chi connectivity index (χ1n) is 3.39. The molecule has 0 saturated heterocycles. The number of hydrogen-bond donors (Lipinski definition) is 0. The molecule has 0 fully saturated rings. The van der Waals surface area contributed by atoms with Crippen LogP contribution in [0.2, 0.25) is 0 Å². The zero-order chi connectivity index (χ0) is 9.56. The van der Waals surface area contributed by atoms with E-state index in [2.05, 4.69) is 25.4 Å². The zero-order valence-corrected chi connectivity index (χ0v) is 8.59. The minimum absolute atomic E-state index is 0.388. The molecule has 5 heteroatoms. The highest BCUT2D eigenvalue weighted by Gasteiger charge is 2.27. The molecule has 0 rings (SSSR count). The lowest BCUT2D eigenvalue weighted by molar-refractivity contribution is -0.158. The highest BCUT2D eigenvalue weighted by molar-refractivity contribution is 9.09. The smallest absolute Gasteiger partial charge is 0.320 e. The third-order valence-corrected chi connectivity index (χ3v) is 1.83. The molecule has 0 unspecified atom stereocenters. The van der Waals surface area contributed by atoms with Crippen LogP contribution in [0.25, 0.3) is 0 Å². The molecule has 0 radical (unpaired) electrons. The van der Waals surface area contributed by atoms with Crippen LogP contribution in [-0.2, 0) is 19.1 Å². The van der Waals surface area contributed by atoms with E-state index in [1.54, 1.807) is 0 Å². The fourth-order valence-electron chi connectivity index (χ4n) is 0.726. The standard InChI is InChI=1S/C7H11BrO4/c1-11-6(9)5(3-4-8)7(10)12-2/h5H,3-4H2,1-2H3. The molecule has 0 spiro atoms. The van der Waals surface area contributed by atoms with E-state index in [1.807, 2.05) is 0 Å². The summed E-state index contributed by atoms with van der Waals surface area (Å²) in [6, 6.07) is 0. The minimum Gasteiger partial charge on any atom is -0.468 e. The van der Waals surface area contributed by atoms with Crippen molar-refractivity contribution in [2.24, 2.45) is 5.92 Å². The molecule has 0 aromatic rings. The summed E-state index contributed by atoms with van der Waals surface area (Å²) in [4.78, 5) is 21.9. The topological polar surface area (TPSA) is 52.6 Å². The van der Waals surface area contributed by atoms with E-state index in [-0.39, 0.29) is 0 Å². The third kappa shape index (κ3) is 3.21. The molecule has 0 saturated carbocycles. The predicted octanol–water partition coefficient (Wildman–Crippen LogP) is 0.734. The summed E-state index contributed by atoms with van der Waals surface area (Å²) in [5, 5.41) is 0.557. The van der Waals surface area contributed by atoms with Gasteiger partial charge in [-0.15, -0.1) is 0 Å². The van der Waals surface area contributed by atoms with Gasteiger partial charge in [0, 0.05) is 5.33 Å². The Labute approximate surface area is 79.3 Å². The Balaban J connectivity index is 4.21. The molecule has 4 nitrogen and oxygen atoms in total. The van der Waals surface area contributed by atoms with Crippen LogP contribution in [0.1, 0.15) is 6.42 Å². The first-order valence-corrected chi connectivity index (χ1v) is 4.51. The van der Waals surface area contributed by atoms with Crippen molar-refractivity contribution >= 4 is 27.9 Å². The van der Waals surface area contributed by atoms with Crippen LogP contribution in [0.3, 0.4) is 0 Å². The van der Waals surface area contributed by atoms with Crippen molar-refractivity contribution in [1.82, 2.24) is 0 Å². The molecule has 0 aliphatic carbocycles. The van der Waals surface area contributed by atoms with E-state index in [0.717, 1.165) is 0 Å². The summed E-state index contributed by atoms with van der Waals surface area (Å²) >= 11 is 3.13. The lowest BCUT2D eigenvalue weighted by atomic mass is 10.1. The quantitative estimate of drug-likeness (QED) is 0.412. The second kappa shape index (κ2) is 5.99. The van der Waals surface area contributed by atoms with Gasteiger partial charge in [-0.05, 0) is 6.42 Å². The molecule has 0 atom stereocenters. The van der Waals surface area contributed by atoms with Gasteiger partial charge in [0.15, 0.2) is 5.92 Å². The number of alkyl halides is 1. The number of methoxy groups -OCH3 is 2. The van der Waals surface area contributed by atoms with Gasteiger partial charge in [0.05, 0.1) is 14.2 Å². The Morgan fingerprint density at radius 2 is 1.67 bits per heavy atom. The van der Waals surface area contributed by atoms with E-state index in [9.17, 15) is 9.59 Å². The molecule has 0 aromatic heterocycles. The molecule has 0 bridgehead atoms. The van der Waals surface area contributed by atoms with Crippen LogP contribution in [0.4, 0.5) is 0 Å². The monoisotopic (exact) mass is 238 g/mol. The number of carbonyl (C=O) groups is 2. The SMILES string of the molecule is COC(=O)C(CCBr)C(=O)OC. The molecular weight excluding hydrogens is 228 g/mol. The lowest BCUT2D eigenvalue weighted by Crippen LogP contribution is -2.26. The maximum absolute atomic E-state index is 11.0. The summed E-state index contributed by atoms with van der Waals surface area (Å²) < 4.78 is 8.85. The molecule has 0 aliphatic heterocycles. The predicted molar refractivity (Wildman–Crippen MR) is 45.9 cm³/mol. The minimum atomic E-state index is -0.806. The molecule has 0 aromatic carbocycles. The van der Waals surface area contributed by atoms with E-state index in [4.69, 9.17) is 0 Å². The van der Waals surface area contributed by atoms with Crippen molar-refractivity contribution in [3.63, 3.8) is 0 Å². The number of halogens is 1. The first-order chi connectivity index (χ1) is 5.67. The highest BCUT2D eigenvalue weighted by Crippen LogP contribution is 2.09. The first kappa shape index (κ1) is 11.4. The Morgan fingerprint density at radius 3 is 1.92 bits per heavy atom. The van der Waals surface area contributed by atoms with Gasteiger partial charge < -0.3 is 9.47 Å². The summed E-state index contributed by atoms with van der Waals surface area (Å²) in [6.45, 7) is 0. The van der Waals surface area contributed by atoms with E-state index >= 15 is 0 Å². The zero-order valence-electron chi connectivity index (χ0n) is 7.00. The maximum Gasteiger partial charge on any atom is 0.320 e. The van der Waals surface area contributed by atoms with Crippen molar-refractivity contribution in [2.45, 2.75) is 6.42 Å². The third-order valence-electron chi connectivity index (χ3n) is 1.37. The number of carbonyl (C=O) groups excluding carboxylic acids is 2. The number of hydrogen-bond acceptors (Lipinski definition) is 4. The van der Waals surface area contributed by atoms with Gasteiger partial charge in [0.25, 0.3) is 0 Å². The van der Waals surface area contributed by atoms with Gasteiger partial charge in [-0.2, -0.15) is 0 Å². The average molecular weight is 239 g/mol. The Morgan fingerprint density at radius 1 is 1.25 bits per heavy atom. The van der Waals surface area contributed by atoms with Gasteiger partial charge in [0.1, 0.15) is 0 Å². The fourth-order valence-corrected chi connectivity index (χ4v) is 1.18. The van der Waals surface area contributed by atoms with Gasteiger partial charge in [-0.3, -0.25) is 9.59 Å². The summed E-state index contributed by atoms with van der Waals surface area (Å²) in [5.74, 6) is -1.91. The van der Waals surface area contributed by atoms with Crippen molar-refractivity contribution in [3.8, 4) is 0 Å².